The van der Waals surface area contributed by atoms with Crippen LogP contribution in [0.25, 0.3) is 0 Å². The molecule has 5 heteroatoms. The molecule has 4 nitrogen and oxygen atoms in total. The number of hydrogen-bond donors (Lipinski definition) is 1. The van der Waals surface area contributed by atoms with E-state index in [1.54, 1.807) is 12.1 Å². The van der Waals surface area contributed by atoms with Crippen molar-refractivity contribution in [1.29, 1.82) is 0 Å². The first-order valence-electron chi connectivity index (χ1n) is 6.96. The Hall–Kier alpha value is -2.07. The quantitative estimate of drug-likeness (QED) is 0.947. The number of pyridine rings is 1. The Morgan fingerprint density at radius 1 is 1.29 bits per heavy atom. The van der Waals surface area contributed by atoms with Gasteiger partial charge in [0.25, 0.3) is 0 Å². The number of para-hydroxylation sites is 1. The zero-order chi connectivity index (χ0) is 14.7. The number of aryl methyl sites for hydroxylation is 1. The summed E-state index contributed by atoms with van der Waals surface area (Å²) in [6.45, 7) is 1.24. The molecule has 1 amide bonds. The van der Waals surface area contributed by atoms with Crippen LogP contribution in [0, 0.1) is 0 Å². The summed E-state index contributed by atoms with van der Waals surface area (Å²) < 4.78 is 0. The predicted octanol–water partition coefficient (Wildman–Crippen LogP) is 3.13. The molecule has 0 bridgehead atoms. The van der Waals surface area contributed by atoms with Gasteiger partial charge in [-0.15, -0.1) is 0 Å². The fraction of sp³-hybridized carbons (Fsp3) is 0.250. The third kappa shape index (κ3) is 3.34. The van der Waals surface area contributed by atoms with Crippen LogP contribution in [0.1, 0.15) is 12.0 Å². The summed E-state index contributed by atoms with van der Waals surface area (Å²) >= 11 is 5.78. The maximum absolute atomic E-state index is 12.1. The summed E-state index contributed by atoms with van der Waals surface area (Å²) in [4.78, 5) is 18.3. The third-order valence-corrected chi connectivity index (χ3v) is 3.76. The van der Waals surface area contributed by atoms with Gasteiger partial charge >= 0.3 is 0 Å². The number of fused-ring (bicyclic) bond motifs is 1. The van der Waals surface area contributed by atoms with Crippen molar-refractivity contribution in [3.05, 3.63) is 53.2 Å². The second kappa shape index (κ2) is 6.14. The highest BCUT2D eigenvalue weighted by Gasteiger charge is 2.18. The van der Waals surface area contributed by atoms with Gasteiger partial charge in [-0.05, 0) is 36.6 Å². The molecule has 0 aliphatic carbocycles. The number of rotatable bonds is 3. The Morgan fingerprint density at radius 3 is 2.95 bits per heavy atom. The van der Waals surface area contributed by atoms with E-state index in [1.807, 2.05) is 12.1 Å². The molecule has 3 rings (SSSR count). The summed E-state index contributed by atoms with van der Waals surface area (Å²) in [6, 6.07) is 11.7. The molecule has 108 valence electrons. The molecule has 21 heavy (non-hydrogen) atoms. The lowest BCUT2D eigenvalue weighted by Gasteiger charge is -2.30. The first kappa shape index (κ1) is 13.9. The van der Waals surface area contributed by atoms with Gasteiger partial charge in [0.2, 0.25) is 5.91 Å². The first-order chi connectivity index (χ1) is 10.2. The van der Waals surface area contributed by atoms with Gasteiger partial charge < -0.3 is 10.2 Å². The number of carbonyl (C=O) groups is 1. The first-order valence-corrected chi connectivity index (χ1v) is 7.34. The van der Waals surface area contributed by atoms with Crippen molar-refractivity contribution < 1.29 is 4.79 Å². The average Bonchev–Trinajstić information content (AvgIpc) is 2.50. The molecule has 0 saturated carbocycles. The molecule has 0 spiro atoms. The maximum Gasteiger partial charge on any atom is 0.245 e. The lowest BCUT2D eigenvalue weighted by Crippen LogP contribution is -2.36. The minimum absolute atomic E-state index is 0.0680. The number of nitrogens with one attached hydrogen (secondary N) is 1. The van der Waals surface area contributed by atoms with Gasteiger partial charge in [0.15, 0.2) is 0 Å². The number of anilines is 2. The second-order valence-corrected chi connectivity index (χ2v) is 5.50. The maximum atomic E-state index is 12.1. The number of hydrogen-bond acceptors (Lipinski definition) is 3. The summed E-state index contributed by atoms with van der Waals surface area (Å²) in [5.74, 6) is 0.455. The molecule has 0 unspecified atom stereocenters. The Morgan fingerprint density at radius 2 is 2.14 bits per heavy atom. The molecular formula is C16H16ClN3O. The van der Waals surface area contributed by atoms with Crippen molar-refractivity contribution in [2.45, 2.75) is 12.8 Å². The highest BCUT2D eigenvalue weighted by molar-refractivity contribution is 6.30. The fourth-order valence-corrected chi connectivity index (χ4v) is 2.69. The topological polar surface area (TPSA) is 45.2 Å². The van der Waals surface area contributed by atoms with Crippen LogP contribution in [0.5, 0.6) is 0 Å². The Kier molecular flexibility index (Phi) is 4.06. The number of halogens is 1. The smallest absolute Gasteiger partial charge is 0.245 e. The zero-order valence-electron chi connectivity index (χ0n) is 11.6. The summed E-state index contributed by atoms with van der Waals surface area (Å²) in [5.41, 5.74) is 2.46. The van der Waals surface area contributed by atoms with Crippen LogP contribution >= 0.6 is 11.6 Å². The summed E-state index contributed by atoms with van der Waals surface area (Å²) in [6.07, 6.45) is 3.67. The van der Waals surface area contributed by atoms with Crippen molar-refractivity contribution in [3.63, 3.8) is 0 Å². The van der Waals surface area contributed by atoms with Gasteiger partial charge in [-0.1, -0.05) is 29.8 Å². The number of nitrogens with zero attached hydrogens (tertiary/aromatic N) is 2. The van der Waals surface area contributed by atoms with Gasteiger partial charge in [0.1, 0.15) is 5.82 Å². The molecular weight excluding hydrogens is 286 g/mol. The van der Waals surface area contributed by atoms with E-state index in [1.165, 1.54) is 11.8 Å². The molecule has 1 aliphatic heterocycles. The van der Waals surface area contributed by atoms with Crippen molar-refractivity contribution in [2.24, 2.45) is 0 Å². The summed E-state index contributed by atoms with van der Waals surface area (Å²) in [5, 5.41) is 3.35. The lowest BCUT2D eigenvalue weighted by atomic mass is 10.0. The molecule has 1 N–H and O–H groups in total. The van der Waals surface area contributed by atoms with Crippen molar-refractivity contribution in [2.75, 3.05) is 23.3 Å². The van der Waals surface area contributed by atoms with E-state index in [2.05, 4.69) is 27.3 Å². The van der Waals surface area contributed by atoms with Gasteiger partial charge in [0, 0.05) is 18.4 Å². The minimum Gasteiger partial charge on any atom is -0.362 e. The van der Waals surface area contributed by atoms with Gasteiger partial charge in [0.05, 0.1) is 11.6 Å². The molecule has 0 saturated heterocycles. The minimum atomic E-state index is -0.0680. The lowest BCUT2D eigenvalue weighted by molar-refractivity contribution is -0.115. The molecule has 0 atom stereocenters. The summed E-state index contributed by atoms with van der Waals surface area (Å²) in [7, 11) is 0. The van der Waals surface area contributed by atoms with Crippen LogP contribution in [-0.2, 0) is 11.2 Å². The van der Waals surface area contributed by atoms with Crippen molar-refractivity contribution >= 4 is 29.0 Å². The van der Waals surface area contributed by atoms with Crippen LogP contribution in [0.2, 0.25) is 5.02 Å². The van der Waals surface area contributed by atoms with Crippen LogP contribution in [0.4, 0.5) is 11.5 Å². The van der Waals surface area contributed by atoms with Crippen LogP contribution in [-0.4, -0.2) is 24.0 Å². The van der Waals surface area contributed by atoms with Crippen LogP contribution < -0.4 is 10.2 Å². The number of benzene rings is 1. The standard InChI is InChI=1S/C16H16ClN3O/c17-13-7-8-15(18-10-13)19-16(21)11-20-9-3-5-12-4-1-2-6-14(12)20/h1-2,4,6-8,10H,3,5,9,11H2,(H,18,19,21). The molecule has 2 heterocycles. The second-order valence-electron chi connectivity index (χ2n) is 5.06. The number of aromatic nitrogens is 1. The normalized spacial score (nSPS) is 13.7. The van der Waals surface area contributed by atoms with Gasteiger partial charge in [-0.25, -0.2) is 4.98 Å². The van der Waals surface area contributed by atoms with Gasteiger partial charge in [-0.3, -0.25) is 4.79 Å². The van der Waals surface area contributed by atoms with Crippen LogP contribution in [0.3, 0.4) is 0 Å². The largest absolute Gasteiger partial charge is 0.362 e. The van der Waals surface area contributed by atoms with E-state index in [-0.39, 0.29) is 5.91 Å². The van der Waals surface area contributed by atoms with Gasteiger partial charge in [-0.2, -0.15) is 0 Å². The number of carbonyl (C=O) groups excluding carboxylic acids is 1. The molecule has 0 radical (unpaired) electrons. The van der Waals surface area contributed by atoms with E-state index in [9.17, 15) is 4.79 Å². The van der Waals surface area contributed by atoms with Crippen molar-refractivity contribution in [3.8, 4) is 0 Å². The van der Waals surface area contributed by atoms with Crippen molar-refractivity contribution in [1.82, 2.24) is 4.98 Å². The highest BCUT2D eigenvalue weighted by atomic mass is 35.5. The molecule has 0 fully saturated rings. The zero-order valence-corrected chi connectivity index (χ0v) is 12.3. The van der Waals surface area contributed by atoms with Crippen LogP contribution in [0.15, 0.2) is 42.6 Å². The van der Waals surface area contributed by atoms with E-state index in [4.69, 9.17) is 11.6 Å². The average molecular weight is 302 g/mol. The number of amides is 1. The Balaban J connectivity index is 1.67. The molecule has 1 aromatic carbocycles. The molecule has 2 aromatic rings. The predicted molar refractivity (Wildman–Crippen MR) is 84.9 cm³/mol. The van der Waals surface area contributed by atoms with E-state index in [0.29, 0.717) is 17.4 Å². The monoisotopic (exact) mass is 301 g/mol. The Labute approximate surface area is 128 Å². The molecule has 1 aromatic heterocycles. The van der Waals surface area contributed by atoms with E-state index >= 15 is 0 Å². The highest BCUT2D eigenvalue weighted by Crippen LogP contribution is 2.26. The SMILES string of the molecule is O=C(CN1CCCc2ccccc21)Nc1ccc(Cl)cn1. The fourth-order valence-electron chi connectivity index (χ4n) is 2.58. The molecule has 1 aliphatic rings. The third-order valence-electron chi connectivity index (χ3n) is 3.54. The van der Waals surface area contributed by atoms with E-state index in [0.717, 1.165) is 25.1 Å². The Bertz CT molecular complexity index is 642. The van der Waals surface area contributed by atoms with E-state index < -0.39 is 0 Å².